The van der Waals surface area contributed by atoms with E-state index >= 15 is 0 Å². The predicted octanol–water partition coefficient (Wildman–Crippen LogP) is 4.76. The van der Waals surface area contributed by atoms with Gasteiger partial charge in [0.1, 0.15) is 5.78 Å². The Balaban J connectivity index is 3.55. The first-order valence-electron chi connectivity index (χ1n) is 7.64. The van der Waals surface area contributed by atoms with Crippen LogP contribution in [0, 0.1) is 5.92 Å². The Bertz CT molecular complexity index is 201. The summed E-state index contributed by atoms with van der Waals surface area (Å²) in [6.45, 7) is 6.10. The standard InChI is InChI=1S/C16H32O2/c1-5-6-7-8-9-10-11-12-14(2)16(18-4)13-15(3)17/h14,16H,5-13H2,1-4H3. The van der Waals surface area contributed by atoms with Crippen molar-refractivity contribution in [3.05, 3.63) is 0 Å². The summed E-state index contributed by atoms with van der Waals surface area (Å²) in [5.41, 5.74) is 0. The number of ketones is 1. The number of carbonyl (C=O) groups is 1. The Kier molecular flexibility index (Phi) is 11.5. The maximum atomic E-state index is 11.1. The van der Waals surface area contributed by atoms with Crippen molar-refractivity contribution in [1.29, 1.82) is 0 Å². The lowest BCUT2D eigenvalue weighted by Crippen LogP contribution is -2.23. The molecule has 2 heteroatoms. The Labute approximate surface area is 113 Å². The molecule has 0 amide bonds. The van der Waals surface area contributed by atoms with E-state index in [1.807, 2.05) is 0 Å². The second kappa shape index (κ2) is 11.7. The SMILES string of the molecule is CCCCCCCCCC(C)C(CC(C)=O)OC. The largest absolute Gasteiger partial charge is 0.381 e. The minimum absolute atomic E-state index is 0.114. The fraction of sp³-hybridized carbons (Fsp3) is 0.938. The molecule has 0 aromatic rings. The van der Waals surface area contributed by atoms with E-state index in [4.69, 9.17) is 4.74 Å². The molecule has 0 aromatic heterocycles. The molecule has 0 radical (unpaired) electrons. The summed E-state index contributed by atoms with van der Waals surface area (Å²) in [6.07, 6.45) is 11.3. The maximum Gasteiger partial charge on any atom is 0.132 e. The molecule has 0 heterocycles. The van der Waals surface area contributed by atoms with Gasteiger partial charge < -0.3 is 4.74 Å². The summed E-state index contributed by atoms with van der Waals surface area (Å²) < 4.78 is 5.41. The summed E-state index contributed by atoms with van der Waals surface area (Å²) in [7, 11) is 1.72. The highest BCUT2D eigenvalue weighted by atomic mass is 16.5. The van der Waals surface area contributed by atoms with E-state index < -0.39 is 0 Å². The average Bonchev–Trinajstić information content (AvgIpc) is 2.34. The van der Waals surface area contributed by atoms with Gasteiger partial charge in [0.05, 0.1) is 6.10 Å². The normalized spacial score (nSPS) is 14.4. The van der Waals surface area contributed by atoms with Crippen LogP contribution < -0.4 is 0 Å². The van der Waals surface area contributed by atoms with Gasteiger partial charge in [-0.15, -0.1) is 0 Å². The monoisotopic (exact) mass is 256 g/mol. The summed E-state index contributed by atoms with van der Waals surface area (Å²) in [5.74, 6) is 0.725. The van der Waals surface area contributed by atoms with Gasteiger partial charge in [-0.05, 0) is 19.3 Å². The van der Waals surface area contributed by atoms with Crippen LogP contribution in [0.5, 0.6) is 0 Å². The molecule has 2 unspecified atom stereocenters. The molecule has 0 aliphatic rings. The van der Waals surface area contributed by atoms with E-state index in [0.29, 0.717) is 12.3 Å². The predicted molar refractivity (Wildman–Crippen MR) is 77.9 cm³/mol. The third-order valence-electron chi connectivity index (χ3n) is 3.69. The lowest BCUT2D eigenvalue weighted by molar-refractivity contribution is -0.120. The second-order valence-corrected chi connectivity index (χ2v) is 5.57. The summed E-state index contributed by atoms with van der Waals surface area (Å²) in [5, 5.41) is 0. The van der Waals surface area contributed by atoms with Crippen molar-refractivity contribution in [3.8, 4) is 0 Å². The van der Waals surface area contributed by atoms with E-state index in [0.717, 1.165) is 0 Å². The van der Waals surface area contributed by atoms with Crippen LogP contribution in [-0.2, 0) is 9.53 Å². The molecule has 2 nitrogen and oxygen atoms in total. The molecule has 0 N–H and O–H groups in total. The molecule has 0 saturated heterocycles. The van der Waals surface area contributed by atoms with Gasteiger partial charge in [0, 0.05) is 13.5 Å². The van der Waals surface area contributed by atoms with E-state index in [2.05, 4.69) is 13.8 Å². The highest BCUT2D eigenvalue weighted by Gasteiger charge is 2.17. The van der Waals surface area contributed by atoms with Gasteiger partial charge in [-0.25, -0.2) is 0 Å². The Morgan fingerprint density at radius 2 is 1.61 bits per heavy atom. The molecule has 0 fully saturated rings. The van der Waals surface area contributed by atoms with Gasteiger partial charge in [-0.2, -0.15) is 0 Å². The van der Waals surface area contributed by atoms with Gasteiger partial charge in [-0.1, -0.05) is 58.8 Å². The Morgan fingerprint density at radius 1 is 1.06 bits per heavy atom. The summed E-state index contributed by atoms with van der Waals surface area (Å²) in [6, 6.07) is 0. The Morgan fingerprint density at radius 3 is 2.11 bits per heavy atom. The van der Waals surface area contributed by atoms with Gasteiger partial charge in [0.25, 0.3) is 0 Å². The number of methoxy groups -OCH3 is 1. The average molecular weight is 256 g/mol. The van der Waals surface area contributed by atoms with Crippen LogP contribution in [0.3, 0.4) is 0 Å². The smallest absolute Gasteiger partial charge is 0.132 e. The van der Waals surface area contributed by atoms with Crippen LogP contribution in [0.2, 0.25) is 0 Å². The van der Waals surface area contributed by atoms with E-state index in [-0.39, 0.29) is 11.9 Å². The first-order valence-corrected chi connectivity index (χ1v) is 7.64. The quantitative estimate of drug-likeness (QED) is 0.471. The first kappa shape index (κ1) is 17.6. The number of rotatable bonds is 12. The molecule has 0 aliphatic carbocycles. The van der Waals surface area contributed by atoms with Crippen LogP contribution in [0.1, 0.15) is 78.6 Å². The molecule has 108 valence electrons. The fourth-order valence-corrected chi connectivity index (χ4v) is 2.41. The Hall–Kier alpha value is -0.370. The topological polar surface area (TPSA) is 26.3 Å². The lowest BCUT2D eigenvalue weighted by Gasteiger charge is -2.21. The molecule has 0 bridgehead atoms. The zero-order valence-electron chi connectivity index (χ0n) is 12.8. The van der Waals surface area contributed by atoms with Crippen LogP contribution >= 0.6 is 0 Å². The highest BCUT2D eigenvalue weighted by molar-refractivity contribution is 5.76. The van der Waals surface area contributed by atoms with Crippen molar-refractivity contribution in [2.75, 3.05) is 7.11 Å². The molecule has 0 aromatic carbocycles. The van der Waals surface area contributed by atoms with Gasteiger partial charge >= 0.3 is 0 Å². The van der Waals surface area contributed by atoms with E-state index in [1.165, 1.54) is 51.4 Å². The molecule has 0 saturated carbocycles. The third-order valence-corrected chi connectivity index (χ3v) is 3.69. The third kappa shape index (κ3) is 9.64. The van der Waals surface area contributed by atoms with Gasteiger partial charge in [0.15, 0.2) is 0 Å². The van der Waals surface area contributed by atoms with Crippen molar-refractivity contribution in [2.24, 2.45) is 5.92 Å². The molecule has 18 heavy (non-hydrogen) atoms. The zero-order valence-corrected chi connectivity index (χ0v) is 12.8. The number of hydrogen-bond acceptors (Lipinski definition) is 2. The number of unbranched alkanes of at least 4 members (excludes halogenated alkanes) is 6. The maximum absolute atomic E-state index is 11.1. The zero-order chi connectivity index (χ0) is 13.8. The van der Waals surface area contributed by atoms with Crippen molar-refractivity contribution >= 4 is 5.78 Å². The number of carbonyl (C=O) groups excluding carboxylic acids is 1. The minimum Gasteiger partial charge on any atom is -0.381 e. The van der Waals surface area contributed by atoms with Crippen LogP contribution in [-0.4, -0.2) is 19.0 Å². The summed E-state index contributed by atoms with van der Waals surface area (Å²) in [4.78, 5) is 11.1. The van der Waals surface area contributed by atoms with E-state index in [1.54, 1.807) is 14.0 Å². The highest BCUT2D eigenvalue weighted by Crippen LogP contribution is 2.19. The molecule has 0 spiro atoms. The number of hydrogen-bond donors (Lipinski definition) is 0. The minimum atomic E-state index is 0.114. The lowest BCUT2D eigenvalue weighted by atomic mass is 9.94. The molecular formula is C16H32O2. The van der Waals surface area contributed by atoms with Crippen LogP contribution in [0.15, 0.2) is 0 Å². The van der Waals surface area contributed by atoms with Crippen molar-refractivity contribution in [1.82, 2.24) is 0 Å². The fourth-order valence-electron chi connectivity index (χ4n) is 2.41. The number of ether oxygens (including phenoxy) is 1. The molecule has 0 rings (SSSR count). The summed E-state index contributed by atoms with van der Waals surface area (Å²) >= 11 is 0. The molecule has 0 aliphatic heterocycles. The molecule has 2 atom stereocenters. The van der Waals surface area contributed by atoms with E-state index in [9.17, 15) is 4.79 Å². The van der Waals surface area contributed by atoms with Crippen LogP contribution in [0.25, 0.3) is 0 Å². The first-order chi connectivity index (χ1) is 8.61. The van der Waals surface area contributed by atoms with Crippen molar-refractivity contribution in [2.45, 2.75) is 84.7 Å². The van der Waals surface area contributed by atoms with Crippen molar-refractivity contribution < 1.29 is 9.53 Å². The van der Waals surface area contributed by atoms with Gasteiger partial charge in [-0.3, -0.25) is 4.79 Å². The number of Topliss-reactive ketones (excluding diaryl/α,β-unsaturated/α-hetero) is 1. The molecular weight excluding hydrogens is 224 g/mol. The van der Waals surface area contributed by atoms with Gasteiger partial charge in [0.2, 0.25) is 0 Å². The van der Waals surface area contributed by atoms with Crippen molar-refractivity contribution in [3.63, 3.8) is 0 Å². The second-order valence-electron chi connectivity index (χ2n) is 5.57. The van der Waals surface area contributed by atoms with Crippen LogP contribution in [0.4, 0.5) is 0 Å².